The fourth-order valence-corrected chi connectivity index (χ4v) is 3.07. The molecule has 0 saturated heterocycles. The fourth-order valence-electron chi connectivity index (χ4n) is 1.59. The van der Waals surface area contributed by atoms with Crippen LogP contribution in [-0.2, 0) is 16.4 Å². The van der Waals surface area contributed by atoms with Crippen LogP contribution in [0.2, 0.25) is 0 Å². The first-order valence-electron chi connectivity index (χ1n) is 5.99. The SMILES string of the molecule is CC(CCCCl)NS(=O)(=O)CCc1ccccn1. The molecule has 0 bridgehead atoms. The van der Waals surface area contributed by atoms with Crippen LogP contribution in [0.15, 0.2) is 24.4 Å². The lowest BCUT2D eigenvalue weighted by molar-refractivity contribution is 0.544. The van der Waals surface area contributed by atoms with Crippen molar-refractivity contribution < 1.29 is 8.42 Å². The van der Waals surface area contributed by atoms with Crippen LogP contribution in [0.5, 0.6) is 0 Å². The molecule has 18 heavy (non-hydrogen) atoms. The summed E-state index contributed by atoms with van der Waals surface area (Å²) >= 11 is 5.57. The fraction of sp³-hybridized carbons (Fsp3) is 0.583. The molecule has 6 heteroatoms. The summed E-state index contributed by atoms with van der Waals surface area (Å²) in [6.45, 7) is 1.85. The van der Waals surface area contributed by atoms with Gasteiger partial charge in [0, 0.05) is 30.2 Å². The minimum Gasteiger partial charge on any atom is -0.261 e. The average molecular weight is 291 g/mol. The Morgan fingerprint density at radius 1 is 1.44 bits per heavy atom. The Morgan fingerprint density at radius 2 is 2.22 bits per heavy atom. The Morgan fingerprint density at radius 3 is 2.83 bits per heavy atom. The second-order valence-corrected chi connectivity index (χ2v) is 6.49. The highest BCUT2D eigenvalue weighted by molar-refractivity contribution is 7.89. The monoisotopic (exact) mass is 290 g/mol. The van der Waals surface area contributed by atoms with Crippen molar-refractivity contribution >= 4 is 21.6 Å². The summed E-state index contributed by atoms with van der Waals surface area (Å²) < 4.78 is 26.3. The molecule has 1 unspecified atom stereocenters. The molecule has 102 valence electrons. The van der Waals surface area contributed by atoms with Crippen LogP contribution in [-0.4, -0.2) is 31.1 Å². The molecule has 0 radical (unpaired) electrons. The number of hydrogen-bond donors (Lipinski definition) is 1. The highest BCUT2D eigenvalue weighted by atomic mass is 35.5. The predicted octanol–water partition coefficient (Wildman–Crippen LogP) is 1.95. The Balaban J connectivity index is 2.40. The lowest BCUT2D eigenvalue weighted by atomic mass is 10.2. The molecule has 0 aliphatic heterocycles. The molecule has 1 rings (SSSR count). The maximum absolute atomic E-state index is 11.8. The minimum atomic E-state index is -3.24. The van der Waals surface area contributed by atoms with Crippen molar-refractivity contribution in [2.24, 2.45) is 0 Å². The summed E-state index contributed by atoms with van der Waals surface area (Å²) in [6, 6.07) is 5.42. The van der Waals surface area contributed by atoms with E-state index < -0.39 is 10.0 Å². The number of sulfonamides is 1. The number of aromatic nitrogens is 1. The molecule has 0 amide bonds. The third-order valence-electron chi connectivity index (χ3n) is 2.50. The van der Waals surface area contributed by atoms with Gasteiger partial charge < -0.3 is 0 Å². The Bertz CT molecular complexity index is 437. The molecule has 1 atom stereocenters. The van der Waals surface area contributed by atoms with Crippen molar-refractivity contribution in [3.63, 3.8) is 0 Å². The van der Waals surface area contributed by atoms with Gasteiger partial charge in [-0.1, -0.05) is 6.07 Å². The van der Waals surface area contributed by atoms with Gasteiger partial charge in [0.05, 0.1) is 5.75 Å². The molecule has 0 aliphatic rings. The average Bonchev–Trinajstić information content (AvgIpc) is 2.35. The van der Waals surface area contributed by atoms with Crippen molar-refractivity contribution in [3.05, 3.63) is 30.1 Å². The molecule has 1 aromatic heterocycles. The lowest BCUT2D eigenvalue weighted by Crippen LogP contribution is -2.35. The van der Waals surface area contributed by atoms with Crippen LogP contribution in [0.4, 0.5) is 0 Å². The summed E-state index contributed by atoms with van der Waals surface area (Å²) in [5.41, 5.74) is 0.788. The zero-order valence-electron chi connectivity index (χ0n) is 10.5. The molecule has 0 fully saturated rings. The van der Waals surface area contributed by atoms with E-state index in [4.69, 9.17) is 11.6 Å². The smallest absolute Gasteiger partial charge is 0.212 e. The van der Waals surface area contributed by atoms with E-state index in [0.717, 1.165) is 18.5 Å². The molecule has 1 N–H and O–H groups in total. The highest BCUT2D eigenvalue weighted by Gasteiger charge is 2.14. The third-order valence-corrected chi connectivity index (χ3v) is 4.27. The number of nitrogens with one attached hydrogen (secondary N) is 1. The molecule has 1 aromatic rings. The number of aryl methyl sites for hydroxylation is 1. The molecule has 0 aromatic carbocycles. The van der Waals surface area contributed by atoms with Crippen LogP contribution in [0, 0.1) is 0 Å². The number of rotatable bonds is 8. The first kappa shape index (κ1) is 15.4. The molecule has 4 nitrogen and oxygen atoms in total. The molecule has 0 aliphatic carbocycles. The molecular formula is C12H19ClN2O2S. The summed E-state index contributed by atoms with van der Waals surface area (Å²) in [5, 5.41) is 0. The van der Waals surface area contributed by atoms with Gasteiger partial charge in [0.2, 0.25) is 10.0 Å². The van der Waals surface area contributed by atoms with Crippen LogP contribution in [0.3, 0.4) is 0 Å². The van der Waals surface area contributed by atoms with Gasteiger partial charge in [-0.3, -0.25) is 4.98 Å². The van der Waals surface area contributed by atoms with Gasteiger partial charge in [-0.25, -0.2) is 13.1 Å². The quantitative estimate of drug-likeness (QED) is 0.745. The summed E-state index contributed by atoms with van der Waals surface area (Å²) in [5.74, 6) is 0.620. The van der Waals surface area contributed by atoms with Gasteiger partial charge >= 0.3 is 0 Å². The maximum atomic E-state index is 11.8. The zero-order chi connectivity index (χ0) is 13.4. The first-order valence-corrected chi connectivity index (χ1v) is 8.18. The molecular weight excluding hydrogens is 272 g/mol. The van der Waals surface area contributed by atoms with E-state index >= 15 is 0 Å². The molecule has 0 saturated carbocycles. The van der Waals surface area contributed by atoms with Gasteiger partial charge in [0.1, 0.15) is 0 Å². The number of hydrogen-bond acceptors (Lipinski definition) is 3. The largest absolute Gasteiger partial charge is 0.261 e. The van der Waals surface area contributed by atoms with E-state index in [1.165, 1.54) is 0 Å². The van der Waals surface area contributed by atoms with Gasteiger partial charge in [-0.15, -0.1) is 11.6 Å². The molecule has 0 spiro atoms. The summed E-state index contributed by atoms with van der Waals surface area (Å²) in [6.07, 6.45) is 3.66. The standard InChI is InChI=1S/C12H19ClN2O2S/c1-11(5-4-8-13)15-18(16,17)10-7-12-6-2-3-9-14-12/h2-3,6,9,11,15H,4-5,7-8,10H2,1H3. The second kappa shape index (κ2) is 7.71. The first-order chi connectivity index (χ1) is 8.53. The Kier molecular flexibility index (Phi) is 6.60. The number of pyridine rings is 1. The van der Waals surface area contributed by atoms with Crippen LogP contribution >= 0.6 is 11.6 Å². The van der Waals surface area contributed by atoms with Crippen molar-refractivity contribution in [2.45, 2.75) is 32.2 Å². The van der Waals surface area contributed by atoms with Crippen LogP contribution in [0.25, 0.3) is 0 Å². The third kappa shape index (κ3) is 6.33. The van der Waals surface area contributed by atoms with Crippen molar-refractivity contribution in [1.82, 2.24) is 9.71 Å². The maximum Gasteiger partial charge on any atom is 0.212 e. The topological polar surface area (TPSA) is 59.1 Å². The number of nitrogens with zero attached hydrogens (tertiary/aromatic N) is 1. The summed E-state index contributed by atoms with van der Waals surface area (Å²) in [4.78, 5) is 4.10. The predicted molar refractivity (Wildman–Crippen MR) is 74.3 cm³/mol. The van der Waals surface area contributed by atoms with E-state index in [9.17, 15) is 8.42 Å². The number of alkyl halides is 1. The Hall–Kier alpha value is -0.650. The minimum absolute atomic E-state index is 0.0647. The Labute approximate surface area is 114 Å². The van der Waals surface area contributed by atoms with Crippen LogP contribution in [0.1, 0.15) is 25.5 Å². The van der Waals surface area contributed by atoms with E-state index in [1.54, 1.807) is 6.20 Å². The van der Waals surface area contributed by atoms with Gasteiger partial charge in [0.15, 0.2) is 0 Å². The van der Waals surface area contributed by atoms with Crippen molar-refractivity contribution in [1.29, 1.82) is 0 Å². The number of halogens is 1. The van der Waals surface area contributed by atoms with Crippen molar-refractivity contribution in [2.75, 3.05) is 11.6 Å². The van der Waals surface area contributed by atoms with E-state index in [-0.39, 0.29) is 11.8 Å². The van der Waals surface area contributed by atoms with E-state index in [1.807, 2.05) is 25.1 Å². The zero-order valence-corrected chi connectivity index (χ0v) is 12.0. The summed E-state index contributed by atoms with van der Waals surface area (Å²) in [7, 11) is -3.24. The van der Waals surface area contributed by atoms with E-state index in [0.29, 0.717) is 12.3 Å². The second-order valence-electron chi connectivity index (χ2n) is 4.24. The lowest BCUT2D eigenvalue weighted by Gasteiger charge is -2.13. The van der Waals surface area contributed by atoms with Crippen molar-refractivity contribution in [3.8, 4) is 0 Å². The normalized spacial score (nSPS) is 13.4. The highest BCUT2D eigenvalue weighted by Crippen LogP contribution is 2.02. The molecule has 1 heterocycles. The van der Waals surface area contributed by atoms with E-state index in [2.05, 4.69) is 9.71 Å². The van der Waals surface area contributed by atoms with Gasteiger partial charge in [-0.2, -0.15) is 0 Å². The van der Waals surface area contributed by atoms with Gasteiger partial charge in [0.25, 0.3) is 0 Å². The van der Waals surface area contributed by atoms with Gasteiger partial charge in [-0.05, 0) is 31.9 Å². The van der Waals surface area contributed by atoms with Crippen LogP contribution < -0.4 is 4.72 Å².